The molecule has 0 atom stereocenters. The number of nitrogens with one attached hydrogen (secondary N) is 1. The van der Waals surface area contributed by atoms with E-state index >= 15 is 0 Å². The Labute approximate surface area is 165 Å². The largest absolute Gasteiger partial charge is 0.375 e. The first-order chi connectivity index (χ1) is 13.2. The highest BCUT2D eigenvalue weighted by Gasteiger charge is 2.19. The zero-order valence-corrected chi connectivity index (χ0v) is 17.3. The molecule has 0 saturated carbocycles. The summed E-state index contributed by atoms with van der Waals surface area (Å²) in [5.74, 6) is 0.425. The monoisotopic (exact) mass is 404 g/mol. The molecule has 3 rings (SSSR count). The summed E-state index contributed by atoms with van der Waals surface area (Å²) in [5.41, 5.74) is 2.74. The fourth-order valence-corrected chi connectivity index (χ4v) is 4.00. The highest BCUT2D eigenvalue weighted by atomic mass is 32.2. The second-order valence-corrected chi connectivity index (χ2v) is 9.11. The van der Waals surface area contributed by atoms with Crippen LogP contribution in [0.15, 0.2) is 41.3 Å². The summed E-state index contributed by atoms with van der Waals surface area (Å²) < 4.78 is 42.1. The quantitative estimate of drug-likeness (QED) is 0.651. The van der Waals surface area contributed by atoms with Crippen LogP contribution >= 0.6 is 0 Å². The number of sulfonamides is 1. The number of aryl methyl sites for hydroxylation is 2. The van der Waals surface area contributed by atoms with Gasteiger partial charge < -0.3 is 9.88 Å². The van der Waals surface area contributed by atoms with E-state index in [4.69, 9.17) is 0 Å². The van der Waals surface area contributed by atoms with Crippen LogP contribution in [-0.2, 0) is 23.1 Å². The van der Waals surface area contributed by atoms with Crippen molar-refractivity contribution in [1.29, 1.82) is 0 Å². The highest BCUT2D eigenvalue weighted by Crippen LogP contribution is 2.23. The van der Waals surface area contributed by atoms with Crippen molar-refractivity contribution in [2.24, 2.45) is 0 Å². The molecule has 0 unspecified atom stereocenters. The van der Waals surface area contributed by atoms with E-state index in [9.17, 15) is 12.8 Å². The first kappa shape index (κ1) is 20.3. The molecule has 2 aromatic carbocycles. The number of fused-ring (bicyclic) bond motifs is 1. The molecular formula is C20H25FN4O2S. The summed E-state index contributed by atoms with van der Waals surface area (Å²) in [6.07, 6.45) is 0.898. The molecule has 0 aliphatic heterocycles. The lowest BCUT2D eigenvalue weighted by atomic mass is 10.2. The number of halogens is 1. The van der Waals surface area contributed by atoms with E-state index in [0.29, 0.717) is 17.7 Å². The zero-order valence-electron chi connectivity index (χ0n) is 16.5. The van der Waals surface area contributed by atoms with Gasteiger partial charge in [-0.3, -0.25) is 0 Å². The van der Waals surface area contributed by atoms with Crippen LogP contribution < -0.4 is 5.32 Å². The smallest absolute Gasteiger partial charge is 0.242 e. The van der Waals surface area contributed by atoms with Crippen molar-refractivity contribution in [3.05, 3.63) is 53.6 Å². The van der Waals surface area contributed by atoms with E-state index in [2.05, 4.69) is 17.2 Å². The number of aromatic nitrogens is 2. The molecule has 1 aromatic heterocycles. The molecule has 0 bridgehead atoms. The van der Waals surface area contributed by atoms with E-state index in [-0.39, 0.29) is 10.7 Å². The second kappa shape index (κ2) is 7.89. The molecule has 0 spiro atoms. The van der Waals surface area contributed by atoms with Gasteiger partial charge in [-0.2, -0.15) is 0 Å². The van der Waals surface area contributed by atoms with Crippen LogP contribution in [0.25, 0.3) is 11.0 Å². The number of hydrogen-bond acceptors (Lipinski definition) is 4. The van der Waals surface area contributed by atoms with Crippen LogP contribution in [0.3, 0.4) is 0 Å². The summed E-state index contributed by atoms with van der Waals surface area (Å²) in [5, 5.41) is 3.09. The van der Waals surface area contributed by atoms with Crippen molar-refractivity contribution in [2.75, 3.05) is 19.4 Å². The van der Waals surface area contributed by atoms with Gasteiger partial charge in [-0.05, 0) is 49.2 Å². The average Bonchev–Trinajstić information content (AvgIpc) is 2.98. The number of nitrogens with zero attached hydrogens (tertiary/aromatic N) is 3. The molecule has 0 aliphatic carbocycles. The maximum atomic E-state index is 14.1. The minimum absolute atomic E-state index is 0.204. The molecule has 0 radical (unpaired) electrons. The van der Waals surface area contributed by atoms with Crippen molar-refractivity contribution in [3.63, 3.8) is 0 Å². The number of anilines is 1. The van der Waals surface area contributed by atoms with Gasteiger partial charge in [0.05, 0.1) is 28.2 Å². The van der Waals surface area contributed by atoms with Gasteiger partial charge in [0.25, 0.3) is 0 Å². The topological polar surface area (TPSA) is 67.2 Å². The summed E-state index contributed by atoms with van der Waals surface area (Å²) in [4.78, 5) is 4.83. The predicted molar refractivity (Wildman–Crippen MR) is 109 cm³/mol. The lowest BCUT2D eigenvalue weighted by Crippen LogP contribution is -2.22. The van der Waals surface area contributed by atoms with E-state index in [1.165, 1.54) is 24.5 Å². The minimum atomic E-state index is -3.53. The van der Waals surface area contributed by atoms with Crippen LogP contribution in [0.1, 0.15) is 24.7 Å². The Bertz CT molecular complexity index is 1110. The molecule has 1 heterocycles. The standard InChI is InChI=1S/C20H25FN4O2S/c1-5-10-25-19-9-7-15(28(26,27)24(3)4)12-18(19)23-20(25)13-22-17-8-6-14(2)11-16(17)21/h6-9,11-12,22H,5,10,13H2,1-4H3. The Balaban J connectivity index is 1.98. The van der Waals surface area contributed by atoms with Crippen molar-refractivity contribution in [3.8, 4) is 0 Å². The fraction of sp³-hybridized carbons (Fsp3) is 0.350. The summed E-state index contributed by atoms with van der Waals surface area (Å²) in [7, 11) is -0.529. The number of benzene rings is 2. The molecule has 0 saturated heterocycles. The SMILES string of the molecule is CCCn1c(CNc2ccc(C)cc2F)nc2cc(S(=O)(=O)N(C)C)ccc21. The average molecular weight is 405 g/mol. The molecule has 0 amide bonds. The molecule has 0 aliphatic rings. The van der Waals surface area contributed by atoms with Crippen LogP contribution in [0, 0.1) is 12.7 Å². The number of hydrogen-bond donors (Lipinski definition) is 1. The zero-order chi connectivity index (χ0) is 20.5. The molecule has 1 N–H and O–H groups in total. The van der Waals surface area contributed by atoms with E-state index in [0.717, 1.165) is 29.9 Å². The predicted octanol–water partition coefficient (Wildman–Crippen LogP) is 3.76. The van der Waals surface area contributed by atoms with Crippen LogP contribution in [0.5, 0.6) is 0 Å². The maximum Gasteiger partial charge on any atom is 0.242 e. The molecule has 28 heavy (non-hydrogen) atoms. The van der Waals surface area contributed by atoms with Gasteiger partial charge in [-0.1, -0.05) is 13.0 Å². The van der Waals surface area contributed by atoms with Gasteiger partial charge in [0, 0.05) is 20.6 Å². The Hall–Kier alpha value is -2.45. The van der Waals surface area contributed by atoms with Gasteiger partial charge in [0.1, 0.15) is 11.6 Å². The summed E-state index contributed by atoms with van der Waals surface area (Å²) in [6, 6.07) is 10.0. The Morgan fingerprint density at radius 1 is 1.18 bits per heavy atom. The third-order valence-corrected chi connectivity index (χ3v) is 6.40. The highest BCUT2D eigenvalue weighted by molar-refractivity contribution is 7.89. The molecular weight excluding hydrogens is 379 g/mol. The summed E-state index contributed by atoms with van der Waals surface area (Å²) in [6.45, 7) is 4.98. The van der Waals surface area contributed by atoms with Crippen molar-refractivity contribution in [2.45, 2.75) is 38.3 Å². The van der Waals surface area contributed by atoms with Gasteiger partial charge in [0.2, 0.25) is 10.0 Å². The number of rotatable bonds is 7. The molecule has 0 fully saturated rings. The third kappa shape index (κ3) is 3.88. The normalized spacial score (nSPS) is 12.1. The van der Waals surface area contributed by atoms with E-state index < -0.39 is 10.0 Å². The Kier molecular flexibility index (Phi) is 5.71. The first-order valence-electron chi connectivity index (χ1n) is 9.15. The van der Waals surface area contributed by atoms with Crippen molar-refractivity contribution in [1.82, 2.24) is 13.9 Å². The van der Waals surface area contributed by atoms with Gasteiger partial charge in [-0.15, -0.1) is 0 Å². The van der Waals surface area contributed by atoms with E-state index in [1.807, 2.05) is 17.6 Å². The van der Waals surface area contributed by atoms with Gasteiger partial charge >= 0.3 is 0 Å². The maximum absolute atomic E-state index is 14.1. The fourth-order valence-electron chi connectivity index (χ4n) is 3.08. The van der Waals surface area contributed by atoms with Crippen LogP contribution in [0.2, 0.25) is 0 Å². The van der Waals surface area contributed by atoms with Gasteiger partial charge in [0.15, 0.2) is 0 Å². The van der Waals surface area contributed by atoms with Crippen molar-refractivity contribution >= 4 is 26.7 Å². The Morgan fingerprint density at radius 3 is 2.57 bits per heavy atom. The molecule has 3 aromatic rings. The number of imidazole rings is 1. The lowest BCUT2D eigenvalue weighted by Gasteiger charge is -2.12. The van der Waals surface area contributed by atoms with Crippen LogP contribution in [0.4, 0.5) is 10.1 Å². The molecule has 6 nitrogen and oxygen atoms in total. The third-order valence-electron chi connectivity index (χ3n) is 4.59. The second-order valence-electron chi connectivity index (χ2n) is 6.95. The Morgan fingerprint density at radius 2 is 1.93 bits per heavy atom. The first-order valence-corrected chi connectivity index (χ1v) is 10.6. The molecule has 150 valence electrons. The lowest BCUT2D eigenvalue weighted by molar-refractivity contribution is 0.521. The van der Waals surface area contributed by atoms with Crippen LogP contribution in [-0.4, -0.2) is 36.4 Å². The van der Waals surface area contributed by atoms with Crippen molar-refractivity contribution < 1.29 is 12.8 Å². The minimum Gasteiger partial charge on any atom is -0.375 e. The summed E-state index contributed by atoms with van der Waals surface area (Å²) >= 11 is 0. The van der Waals surface area contributed by atoms with Gasteiger partial charge in [-0.25, -0.2) is 22.1 Å². The molecule has 8 heteroatoms. The van der Waals surface area contributed by atoms with E-state index in [1.54, 1.807) is 24.3 Å².